The highest BCUT2D eigenvalue weighted by Crippen LogP contribution is 2.32. The van der Waals surface area contributed by atoms with Crippen molar-refractivity contribution in [2.45, 2.75) is 31.8 Å². The number of piperazine rings is 1. The van der Waals surface area contributed by atoms with Crippen LogP contribution in [0.5, 0.6) is 0 Å². The first kappa shape index (κ1) is 18.0. The highest BCUT2D eigenvalue weighted by atomic mass is 35.5. The van der Waals surface area contributed by atoms with E-state index in [1.807, 2.05) is 25.1 Å². The largest absolute Gasteiger partial charge is 0.367 e. The van der Waals surface area contributed by atoms with Crippen LogP contribution in [0.1, 0.15) is 25.3 Å². The number of amides is 1. The zero-order valence-electron chi connectivity index (χ0n) is 15.3. The highest BCUT2D eigenvalue weighted by molar-refractivity contribution is 6.31. The molecule has 27 heavy (non-hydrogen) atoms. The molecule has 1 N–H and O–H groups in total. The molecule has 0 bridgehead atoms. The number of nitriles is 1. The summed E-state index contributed by atoms with van der Waals surface area (Å²) in [7, 11) is 0. The van der Waals surface area contributed by atoms with Gasteiger partial charge in [0.05, 0.1) is 22.8 Å². The minimum Gasteiger partial charge on any atom is -0.367 e. The van der Waals surface area contributed by atoms with Gasteiger partial charge in [0.1, 0.15) is 6.07 Å². The summed E-state index contributed by atoms with van der Waals surface area (Å²) >= 11 is 6.19. The summed E-state index contributed by atoms with van der Waals surface area (Å²) in [6, 6.07) is 8.07. The standard InChI is InChI=1S/C20H22ClN5O/c1-13(20(27)24-16-3-4-16)25-6-8-26(9-7-25)19-14(11-22)12-23-18-5-2-15(21)10-17(18)19/h2,5,10,12-13,16H,3-4,6-9H2,1H3,(H,24,27). The van der Waals surface area contributed by atoms with Gasteiger partial charge in [0.15, 0.2) is 0 Å². The van der Waals surface area contributed by atoms with E-state index in [4.69, 9.17) is 11.6 Å². The molecular formula is C20H22ClN5O. The third-order valence-corrected chi connectivity index (χ3v) is 5.64. The normalized spacial score (nSPS) is 18.9. The van der Waals surface area contributed by atoms with Gasteiger partial charge in [0, 0.05) is 48.8 Å². The van der Waals surface area contributed by atoms with Gasteiger partial charge in [-0.3, -0.25) is 14.7 Å². The van der Waals surface area contributed by atoms with Gasteiger partial charge in [0.2, 0.25) is 5.91 Å². The van der Waals surface area contributed by atoms with Crippen LogP contribution in [-0.2, 0) is 4.79 Å². The van der Waals surface area contributed by atoms with E-state index in [9.17, 15) is 10.1 Å². The van der Waals surface area contributed by atoms with Gasteiger partial charge >= 0.3 is 0 Å². The van der Waals surface area contributed by atoms with Crippen LogP contribution in [0.2, 0.25) is 5.02 Å². The van der Waals surface area contributed by atoms with Crippen LogP contribution in [0, 0.1) is 11.3 Å². The van der Waals surface area contributed by atoms with E-state index in [1.165, 1.54) is 0 Å². The summed E-state index contributed by atoms with van der Waals surface area (Å²) in [6.07, 6.45) is 3.82. The molecular weight excluding hydrogens is 362 g/mol. The molecule has 6 nitrogen and oxygen atoms in total. The maximum Gasteiger partial charge on any atom is 0.237 e. The number of anilines is 1. The number of rotatable bonds is 4. The Morgan fingerprint density at radius 1 is 1.33 bits per heavy atom. The molecule has 1 aromatic heterocycles. The molecule has 1 saturated heterocycles. The van der Waals surface area contributed by atoms with Crippen LogP contribution in [0.15, 0.2) is 24.4 Å². The average Bonchev–Trinajstić information content (AvgIpc) is 3.50. The number of hydrogen-bond acceptors (Lipinski definition) is 5. The van der Waals surface area contributed by atoms with Gasteiger partial charge in [-0.25, -0.2) is 0 Å². The minimum atomic E-state index is -0.133. The summed E-state index contributed by atoms with van der Waals surface area (Å²) in [5.74, 6) is 0.116. The second-order valence-electron chi connectivity index (χ2n) is 7.28. The van der Waals surface area contributed by atoms with Crippen molar-refractivity contribution < 1.29 is 4.79 Å². The molecule has 0 radical (unpaired) electrons. The molecule has 2 fully saturated rings. The molecule has 1 saturated carbocycles. The summed E-state index contributed by atoms with van der Waals surface area (Å²) in [4.78, 5) is 21.1. The Morgan fingerprint density at radius 2 is 2.07 bits per heavy atom. The second-order valence-corrected chi connectivity index (χ2v) is 7.71. The number of carbonyl (C=O) groups excluding carboxylic acids is 1. The van der Waals surface area contributed by atoms with E-state index in [0.717, 1.165) is 55.6 Å². The number of aromatic nitrogens is 1. The summed E-state index contributed by atoms with van der Waals surface area (Å²) in [5.41, 5.74) is 2.27. The number of carbonyl (C=O) groups is 1. The molecule has 4 rings (SSSR count). The van der Waals surface area contributed by atoms with Crippen LogP contribution in [-0.4, -0.2) is 54.1 Å². The Bertz CT molecular complexity index is 912. The summed E-state index contributed by atoms with van der Waals surface area (Å²) < 4.78 is 0. The lowest BCUT2D eigenvalue weighted by Gasteiger charge is -2.39. The van der Waals surface area contributed by atoms with Crippen molar-refractivity contribution in [2.75, 3.05) is 31.1 Å². The molecule has 1 aliphatic carbocycles. The topological polar surface area (TPSA) is 72.3 Å². The number of nitrogens with zero attached hydrogens (tertiary/aromatic N) is 4. The summed E-state index contributed by atoms with van der Waals surface area (Å²) in [5, 5.41) is 14.2. The number of pyridine rings is 1. The Morgan fingerprint density at radius 3 is 2.74 bits per heavy atom. The smallest absolute Gasteiger partial charge is 0.237 e. The lowest BCUT2D eigenvalue weighted by Crippen LogP contribution is -2.54. The fraction of sp³-hybridized carbons (Fsp3) is 0.450. The van der Waals surface area contributed by atoms with Gasteiger partial charge in [-0.1, -0.05) is 11.6 Å². The number of nitrogens with one attached hydrogen (secondary N) is 1. The molecule has 1 atom stereocenters. The van der Waals surface area contributed by atoms with Crippen molar-refractivity contribution in [3.8, 4) is 6.07 Å². The molecule has 0 spiro atoms. The van der Waals surface area contributed by atoms with Crippen molar-refractivity contribution in [3.63, 3.8) is 0 Å². The van der Waals surface area contributed by atoms with E-state index in [-0.39, 0.29) is 11.9 Å². The molecule has 7 heteroatoms. The second kappa shape index (κ2) is 7.34. The lowest BCUT2D eigenvalue weighted by atomic mass is 10.1. The first-order chi connectivity index (χ1) is 13.1. The third-order valence-electron chi connectivity index (χ3n) is 5.40. The Balaban J connectivity index is 1.53. The molecule has 2 heterocycles. The molecule has 2 aliphatic rings. The van der Waals surface area contributed by atoms with Crippen molar-refractivity contribution in [1.82, 2.24) is 15.2 Å². The Hall–Kier alpha value is -2.36. The third kappa shape index (κ3) is 3.71. The number of benzene rings is 1. The molecule has 1 aromatic carbocycles. The van der Waals surface area contributed by atoms with E-state index in [2.05, 4.69) is 26.2 Å². The molecule has 140 valence electrons. The summed E-state index contributed by atoms with van der Waals surface area (Å²) in [6.45, 7) is 5.02. The molecule has 1 unspecified atom stereocenters. The van der Waals surface area contributed by atoms with Gasteiger partial charge in [0.25, 0.3) is 0 Å². The van der Waals surface area contributed by atoms with Crippen molar-refractivity contribution in [3.05, 3.63) is 35.0 Å². The van der Waals surface area contributed by atoms with Gasteiger partial charge in [-0.2, -0.15) is 5.26 Å². The maximum absolute atomic E-state index is 12.3. The molecule has 2 aromatic rings. The van der Waals surface area contributed by atoms with E-state index >= 15 is 0 Å². The van der Waals surface area contributed by atoms with Crippen molar-refractivity contribution in [2.24, 2.45) is 0 Å². The van der Waals surface area contributed by atoms with E-state index in [1.54, 1.807) is 6.20 Å². The number of halogens is 1. The SMILES string of the molecule is CC(C(=O)NC1CC1)N1CCN(c2c(C#N)cnc3ccc(Cl)cc23)CC1. The molecule has 1 aliphatic heterocycles. The van der Waals surface area contributed by atoms with E-state index in [0.29, 0.717) is 16.6 Å². The number of hydrogen-bond donors (Lipinski definition) is 1. The fourth-order valence-electron chi connectivity index (χ4n) is 3.62. The van der Waals surface area contributed by atoms with E-state index < -0.39 is 0 Å². The quantitative estimate of drug-likeness (QED) is 0.878. The first-order valence-electron chi connectivity index (χ1n) is 9.34. The Kier molecular flexibility index (Phi) is 4.90. The van der Waals surface area contributed by atoms with Crippen LogP contribution in [0.3, 0.4) is 0 Å². The molecule has 1 amide bonds. The predicted octanol–water partition coefficient (Wildman–Crippen LogP) is 2.55. The zero-order valence-corrected chi connectivity index (χ0v) is 16.0. The minimum absolute atomic E-state index is 0.116. The number of fused-ring (bicyclic) bond motifs is 1. The first-order valence-corrected chi connectivity index (χ1v) is 9.72. The van der Waals surface area contributed by atoms with Crippen molar-refractivity contribution in [1.29, 1.82) is 5.26 Å². The predicted molar refractivity (Wildman–Crippen MR) is 106 cm³/mol. The van der Waals surface area contributed by atoms with Gasteiger partial charge < -0.3 is 10.2 Å². The van der Waals surface area contributed by atoms with Crippen LogP contribution in [0.4, 0.5) is 5.69 Å². The van der Waals surface area contributed by atoms with Crippen molar-refractivity contribution >= 4 is 34.1 Å². The highest BCUT2D eigenvalue weighted by Gasteiger charge is 2.30. The van der Waals surface area contributed by atoms with Crippen LogP contribution in [0.25, 0.3) is 10.9 Å². The van der Waals surface area contributed by atoms with Crippen LogP contribution < -0.4 is 10.2 Å². The average molecular weight is 384 g/mol. The maximum atomic E-state index is 12.3. The van der Waals surface area contributed by atoms with Gasteiger partial charge in [-0.15, -0.1) is 0 Å². The lowest BCUT2D eigenvalue weighted by molar-refractivity contribution is -0.126. The van der Waals surface area contributed by atoms with Gasteiger partial charge in [-0.05, 0) is 38.0 Å². The Labute approximate surface area is 163 Å². The van der Waals surface area contributed by atoms with Crippen LogP contribution >= 0.6 is 11.6 Å². The zero-order chi connectivity index (χ0) is 19.0. The monoisotopic (exact) mass is 383 g/mol. The fourth-order valence-corrected chi connectivity index (χ4v) is 3.79.